The van der Waals surface area contributed by atoms with Crippen molar-refractivity contribution in [1.29, 1.82) is 0 Å². The normalized spacial score (nSPS) is 15.7. The summed E-state index contributed by atoms with van der Waals surface area (Å²) in [6.45, 7) is 5.22. The van der Waals surface area contributed by atoms with Crippen molar-refractivity contribution in [2.24, 2.45) is 5.92 Å². The van der Waals surface area contributed by atoms with Crippen LogP contribution in [0.3, 0.4) is 0 Å². The van der Waals surface area contributed by atoms with Crippen molar-refractivity contribution in [2.45, 2.75) is 57.8 Å². The molecule has 0 radical (unpaired) electrons. The highest BCUT2D eigenvalue weighted by atomic mass is 16.4. The molecule has 1 aromatic carbocycles. The number of rotatable bonds is 11. The molecule has 0 saturated carbocycles. The van der Waals surface area contributed by atoms with E-state index in [1.54, 1.807) is 18.7 Å². The second kappa shape index (κ2) is 13.8. The molecule has 3 aromatic heterocycles. The molecule has 4 aromatic rings. The molecule has 9 nitrogen and oxygen atoms in total. The second-order valence-electron chi connectivity index (χ2n) is 11.8. The minimum Gasteiger partial charge on any atom is -0.481 e. The van der Waals surface area contributed by atoms with E-state index in [0.29, 0.717) is 25.3 Å². The Morgan fingerprint density at radius 1 is 1.05 bits per heavy atom. The van der Waals surface area contributed by atoms with E-state index in [2.05, 4.69) is 73.8 Å². The molecule has 0 amide bonds. The Morgan fingerprint density at radius 3 is 2.57 bits per heavy atom. The Labute approximate surface area is 259 Å². The molecule has 44 heavy (non-hydrogen) atoms. The van der Waals surface area contributed by atoms with Gasteiger partial charge in [-0.2, -0.15) is 0 Å². The van der Waals surface area contributed by atoms with Crippen LogP contribution < -0.4 is 15.5 Å². The third kappa shape index (κ3) is 6.82. The van der Waals surface area contributed by atoms with Crippen molar-refractivity contribution in [3.8, 4) is 11.1 Å². The number of aromatic nitrogens is 4. The number of fused-ring (bicyclic) bond motifs is 1. The summed E-state index contributed by atoms with van der Waals surface area (Å²) in [6, 6.07) is 16.8. The van der Waals surface area contributed by atoms with Crippen LogP contribution in [0.5, 0.6) is 0 Å². The third-order valence-electron chi connectivity index (χ3n) is 9.02. The maximum absolute atomic E-state index is 12.2. The van der Waals surface area contributed by atoms with Crippen LogP contribution in [-0.4, -0.2) is 57.2 Å². The summed E-state index contributed by atoms with van der Waals surface area (Å²) in [5.74, 6) is 1.85. The number of carboxylic acid groups (broad SMARTS) is 1. The number of benzene rings is 1. The lowest BCUT2D eigenvalue weighted by atomic mass is 9.92. The first kappa shape index (κ1) is 29.5. The summed E-state index contributed by atoms with van der Waals surface area (Å²) < 4.78 is 0. The molecule has 2 aliphatic rings. The number of nitrogens with one attached hydrogen (secondary N) is 2. The first-order valence-corrected chi connectivity index (χ1v) is 15.9. The van der Waals surface area contributed by atoms with Crippen LogP contribution in [0.1, 0.15) is 60.9 Å². The molecule has 1 fully saturated rings. The Balaban J connectivity index is 1.06. The Morgan fingerprint density at radius 2 is 1.82 bits per heavy atom. The first-order valence-electron chi connectivity index (χ1n) is 15.9. The Hall–Kier alpha value is -4.53. The topological polar surface area (TPSA) is 116 Å². The number of hydrogen-bond donors (Lipinski definition) is 3. The molecule has 6 rings (SSSR count). The molecule has 2 aliphatic heterocycles. The average molecular weight is 592 g/mol. The molecule has 0 spiro atoms. The van der Waals surface area contributed by atoms with Crippen LogP contribution in [0, 0.1) is 5.92 Å². The van der Waals surface area contributed by atoms with Gasteiger partial charge in [-0.1, -0.05) is 37.3 Å². The zero-order valence-corrected chi connectivity index (χ0v) is 25.4. The summed E-state index contributed by atoms with van der Waals surface area (Å²) in [5.41, 5.74) is 6.91. The first-order chi connectivity index (χ1) is 21.6. The van der Waals surface area contributed by atoms with Crippen molar-refractivity contribution in [2.75, 3.05) is 41.7 Å². The minimum absolute atomic E-state index is 0.313. The van der Waals surface area contributed by atoms with E-state index in [1.807, 2.05) is 12.1 Å². The SMILES string of the molecule is CCc1c(NC[C@H](CCc2ccc(-c3ccncc3)cc2)C(=O)O)ncnc1N1CCC(c2ccc3c(n2)NCCC3)CC1. The maximum atomic E-state index is 12.2. The summed E-state index contributed by atoms with van der Waals surface area (Å²) in [4.78, 5) is 32.8. The molecular formula is C35H41N7O2. The van der Waals surface area contributed by atoms with Gasteiger partial charge in [0.2, 0.25) is 0 Å². The number of pyridine rings is 2. The number of aryl methyl sites for hydroxylation is 2. The maximum Gasteiger partial charge on any atom is 0.308 e. The van der Waals surface area contributed by atoms with E-state index in [-0.39, 0.29) is 0 Å². The van der Waals surface area contributed by atoms with Crippen molar-refractivity contribution >= 4 is 23.4 Å². The summed E-state index contributed by atoms with van der Waals surface area (Å²) in [7, 11) is 0. The van der Waals surface area contributed by atoms with Gasteiger partial charge in [0, 0.05) is 55.7 Å². The number of carboxylic acids is 1. The summed E-state index contributed by atoms with van der Waals surface area (Å²) in [5, 5.41) is 16.8. The van der Waals surface area contributed by atoms with Crippen LogP contribution in [0.4, 0.5) is 17.5 Å². The molecule has 1 saturated heterocycles. The quantitative estimate of drug-likeness (QED) is 0.194. The number of hydrogen-bond acceptors (Lipinski definition) is 8. The van der Waals surface area contributed by atoms with Crippen molar-refractivity contribution in [1.82, 2.24) is 19.9 Å². The summed E-state index contributed by atoms with van der Waals surface area (Å²) >= 11 is 0. The highest BCUT2D eigenvalue weighted by Crippen LogP contribution is 2.33. The van der Waals surface area contributed by atoms with Crippen LogP contribution in [0.2, 0.25) is 0 Å². The van der Waals surface area contributed by atoms with Crippen molar-refractivity contribution in [3.63, 3.8) is 0 Å². The highest BCUT2D eigenvalue weighted by molar-refractivity contribution is 5.71. The van der Waals surface area contributed by atoms with E-state index >= 15 is 0 Å². The second-order valence-corrected chi connectivity index (χ2v) is 11.8. The van der Waals surface area contributed by atoms with Crippen LogP contribution >= 0.6 is 0 Å². The van der Waals surface area contributed by atoms with Crippen LogP contribution in [0.25, 0.3) is 11.1 Å². The van der Waals surface area contributed by atoms with Gasteiger partial charge in [0.05, 0.1) is 5.92 Å². The van der Waals surface area contributed by atoms with E-state index in [4.69, 9.17) is 4.98 Å². The standard InChI is InChI=1S/C35H41N7O2/c1-2-30-33(38-22-29(35(43)44)10-7-24-5-8-25(9-6-24)26-13-18-36-19-14-26)39-23-40-34(30)42-20-15-27(16-21-42)31-12-11-28-4-3-17-37-32(28)41-31/h5-6,8-9,11-14,18-19,23,27,29H,2-4,7,10,15-17,20-22H2,1H3,(H,37,41)(H,43,44)(H,38,39,40)/t29-/m0/s1. The largest absolute Gasteiger partial charge is 0.481 e. The van der Waals surface area contributed by atoms with Gasteiger partial charge in [0.25, 0.3) is 0 Å². The number of nitrogens with zero attached hydrogens (tertiary/aromatic N) is 5. The van der Waals surface area contributed by atoms with Crippen molar-refractivity contribution < 1.29 is 9.90 Å². The molecular weight excluding hydrogens is 550 g/mol. The molecule has 0 aliphatic carbocycles. The van der Waals surface area contributed by atoms with Gasteiger partial charge in [0.1, 0.15) is 23.8 Å². The number of carbonyl (C=O) groups is 1. The monoisotopic (exact) mass is 591 g/mol. The fraction of sp³-hybridized carbons (Fsp3) is 0.400. The van der Waals surface area contributed by atoms with E-state index in [1.165, 1.54) is 17.7 Å². The van der Waals surface area contributed by atoms with Gasteiger partial charge in [-0.05, 0) is 85.4 Å². The van der Waals surface area contributed by atoms with Gasteiger partial charge in [0.15, 0.2) is 0 Å². The molecule has 1 atom stereocenters. The highest BCUT2D eigenvalue weighted by Gasteiger charge is 2.26. The molecule has 0 bridgehead atoms. The van der Waals surface area contributed by atoms with Gasteiger partial charge in [-0.3, -0.25) is 9.78 Å². The van der Waals surface area contributed by atoms with Crippen LogP contribution in [0.15, 0.2) is 67.3 Å². The Kier molecular flexibility index (Phi) is 9.29. The third-order valence-corrected chi connectivity index (χ3v) is 9.02. The lowest BCUT2D eigenvalue weighted by molar-refractivity contribution is -0.141. The van der Waals surface area contributed by atoms with E-state index < -0.39 is 11.9 Å². The van der Waals surface area contributed by atoms with E-state index in [9.17, 15) is 9.90 Å². The van der Waals surface area contributed by atoms with Crippen LogP contribution in [-0.2, 0) is 24.1 Å². The molecule has 228 valence electrons. The number of aliphatic carboxylic acids is 1. The predicted molar refractivity (Wildman–Crippen MR) is 174 cm³/mol. The van der Waals surface area contributed by atoms with Gasteiger partial charge in [-0.15, -0.1) is 0 Å². The number of anilines is 3. The lowest BCUT2D eigenvalue weighted by Crippen LogP contribution is -2.35. The fourth-order valence-electron chi connectivity index (χ4n) is 6.39. The molecule has 0 unspecified atom stereocenters. The predicted octanol–water partition coefficient (Wildman–Crippen LogP) is 5.98. The van der Waals surface area contributed by atoms with Crippen molar-refractivity contribution in [3.05, 3.63) is 89.6 Å². The smallest absolute Gasteiger partial charge is 0.308 e. The van der Waals surface area contributed by atoms with Gasteiger partial charge < -0.3 is 20.6 Å². The summed E-state index contributed by atoms with van der Waals surface area (Å²) in [6.07, 6.45) is 11.5. The fourth-order valence-corrected chi connectivity index (χ4v) is 6.39. The minimum atomic E-state index is -0.800. The zero-order valence-electron chi connectivity index (χ0n) is 25.4. The average Bonchev–Trinajstić information content (AvgIpc) is 3.08. The van der Waals surface area contributed by atoms with E-state index in [0.717, 1.165) is 85.0 Å². The molecule has 3 N–H and O–H groups in total. The molecule has 5 heterocycles. The van der Waals surface area contributed by atoms with Gasteiger partial charge >= 0.3 is 5.97 Å². The lowest BCUT2D eigenvalue weighted by Gasteiger charge is -2.34. The zero-order chi connectivity index (χ0) is 30.3. The molecule has 9 heteroatoms. The number of piperidine rings is 1. The van der Waals surface area contributed by atoms with Gasteiger partial charge in [-0.25, -0.2) is 15.0 Å². The Bertz CT molecular complexity index is 1550.